The Labute approximate surface area is 96.4 Å². The lowest BCUT2D eigenvalue weighted by Gasteiger charge is -1.99. The fourth-order valence-corrected chi connectivity index (χ4v) is 1.42. The summed E-state index contributed by atoms with van der Waals surface area (Å²) in [6, 6.07) is 7.16. The number of aromatic nitrogens is 2. The van der Waals surface area contributed by atoms with E-state index in [4.69, 9.17) is 21.8 Å². The van der Waals surface area contributed by atoms with Gasteiger partial charge in [-0.05, 0) is 17.7 Å². The molecule has 0 saturated heterocycles. The molecule has 2 N–H and O–H groups in total. The molecule has 0 amide bonds. The maximum Gasteiger partial charge on any atom is 0.437 e. The van der Waals surface area contributed by atoms with E-state index in [1.165, 1.54) is 4.68 Å². The molecule has 1 heterocycles. The second-order valence-corrected chi connectivity index (χ2v) is 3.69. The molecule has 0 aliphatic heterocycles. The van der Waals surface area contributed by atoms with Gasteiger partial charge in [-0.3, -0.25) is 0 Å². The predicted molar refractivity (Wildman–Crippen MR) is 59.2 cm³/mol. The van der Waals surface area contributed by atoms with Crippen LogP contribution in [0, 0.1) is 0 Å². The third-order valence-corrected chi connectivity index (χ3v) is 2.32. The zero-order valence-corrected chi connectivity index (χ0v) is 9.15. The van der Waals surface area contributed by atoms with Crippen LogP contribution in [0.25, 0.3) is 0 Å². The number of nitrogens with two attached hydrogens (primary N) is 1. The second kappa shape index (κ2) is 4.51. The van der Waals surface area contributed by atoms with Crippen LogP contribution in [0.1, 0.15) is 11.5 Å². The first-order valence-corrected chi connectivity index (χ1v) is 5.08. The Morgan fingerprint density at radius 3 is 2.62 bits per heavy atom. The summed E-state index contributed by atoms with van der Waals surface area (Å²) in [6.45, 7) is 0.461. The number of benzene rings is 1. The molecule has 1 aromatic heterocycles. The van der Waals surface area contributed by atoms with Crippen molar-refractivity contribution in [3.8, 4) is 0 Å². The van der Waals surface area contributed by atoms with Crippen molar-refractivity contribution in [3.63, 3.8) is 0 Å². The quantitative estimate of drug-likeness (QED) is 0.867. The van der Waals surface area contributed by atoms with E-state index in [1.54, 1.807) is 12.1 Å². The fourth-order valence-electron chi connectivity index (χ4n) is 1.29. The summed E-state index contributed by atoms with van der Waals surface area (Å²) in [5, 5.41) is 4.58. The lowest BCUT2D eigenvalue weighted by molar-refractivity contribution is 0.452. The first-order valence-electron chi connectivity index (χ1n) is 4.70. The highest BCUT2D eigenvalue weighted by Crippen LogP contribution is 2.09. The van der Waals surface area contributed by atoms with Crippen LogP contribution < -0.4 is 11.5 Å². The molecule has 0 aliphatic rings. The Kier molecular flexibility index (Phi) is 3.07. The van der Waals surface area contributed by atoms with Crippen molar-refractivity contribution in [2.75, 3.05) is 0 Å². The largest absolute Gasteiger partial charge is 0.437 e. The van der Waals surface area contributed by atoms with E-state index >= 15 is 0 Å². The molecule has 0 unspecified atom stereocenters. The Morgan fingerprint density at radius 1 is 1.38 bits per heavy atom. The Balaban J connectivity index is 2.23. The third kappa shape index (κ3) is 2.32. The normalized spacial score (nSPS) is 10.6. The minimum absolute atomic E-state index is 0.114. The molecule has 0 fully saturated rings. The summed E-state index contributed by atoms with van der Waals surface area (Å²) >= 11 is 5.75. The summed E-state index contributed by atoms with van der Waals surface area (Å²) < 4.78 is 6.03. The average Bonchev–Trinajstić information content (AvgIpc) is 2.63. The summed E-state index contributed by atoms with van der Waals surface area (Å²) in [5.41, 5.74) is 6.24. The average molecular weight is 240 g/mol. The molecule has 0 spiro atoms. The second-order valence-electron chi connectivity index (χ2n) is 3.25. The van der Waals surface area contributed by atoms with Crippen LogP contribution in [-0.2, 0) is 13.1 Å². The van der Waals surface area contributed by atoms with Gasteiger partial charge in [0.15, 0.2) is 0 Å². The predicted octanol–water partition coefficient (Wildman–Crippen LogP) is 0.997. The Hall–Kier alpha value is -1.59. The van der Waals surface area contributed by atoms with Crippen LogP contribution in [0.5, 0.6) is 0 Å². The van der Waals surface area contributed by atoms with E-state index < -0.39 is 5.76 Å². The van der Waals surface area contributed by atoms with Crippen LogP contribution in [0.2, 0.25) is 5.02 Å². The molecule has 2 aromatic rings. The molecular formula is C10H10ClN3O2. The first-order chi connectivity index (χ1) is 7.69. The lowest BCUT2D eigenvalue weighted by atomic mass is 10.2. The maximum atomic E-state index is 11.3. The molecule has 0 radical (unpaired) electrons. The highest BCUT2D eigenvalue weighted by molar-refractivity contribution is 6.30. The van der Waals surface area contributed by atoms with Crippen LogP contribution in [0.15, 0.2) is 33.5 Å². The number of nitrogens with zero attached hydrogens (tertiary/aromatic N) is 2. The highest BCUT2D eigenvalue weighted by Gasteiger charge is 2.06. The van der Waals surface area contributed by atoms with Gasteiger partial charge in [-0.25, -0.2) is 4.79 Å². The van der Waals surface area contributed by atoms with Gasteiger partial charge in [0, 0.05) is 5.02 Å². The molecule has 84 valence electrons. The highest BCUT2D eigenvalue weighted by atomic mass is 35.5. The van der Waals surface area contributed by atoms with Gasteiger partial charge in [0.1, 0.15) is 0 Å². The molecule has 1 aromatic carbocycles. The third-order valence-electron chi connectivity index (χ3n) is 2.07. The summed E-state index contributed by atoms with van der Waals surface area (Å²) in [5.74, 6) is -0.269. The van der Waals surface area contributed by atoms with Crippen molar-refractivity contribution in [1.82, 2.24) is 9.78 Å². The number of halogens is 1. The van der Waals surface area contributed by atoms with Gasteiger partial charge >= 0.3 is 5.76 Å². The standard InChI is InChI=1S/C10H10ClN3O2/c11-8-3-1-7(2-4-8)6-14-10(15)16-9(5-12)13-14/h1-4H,5-6,12H2. The van der Waals surface area contributed by atoms with Crippen molar-refractivity contribution in [2.24, 2.45) is 5.73 Å². The molecule has 5 nitrogen and oxygen atoms in total. The molecule has 0 bridgehead atoms. The van der Waals surface area contributed by atoms with E-state index in [-0.39, 0.29) is 12.4 Å². The smallest absolute Gasteiger partial charge is 0.391 e. The molecule has 0 aliphatic carbocycles. The van der Waals surface area contributed by atoms with Crippen molar-refractivity contribution >= 4 is 11.6 Å². The van der Waals surface area contributed by atoms with Gasteiger partial charge in [0.05, 0.1) is 13.1 Å². The summed E-state index contributed by atoms with van der Waals surface area (Å²) in [7, 11) is 0. The van der Waals surface area contributed by atoms with E-state index in [0.717, 1.165) is 5.56 Å². The van der Waals surface area contributed by atoms with Gasteiger partial charge in [-0.2, -0.15) is 4.68 Å². The SMILES string of the molecule is NCc1nn(Cc2ccc(Cl)cc2)c(=O)o1. The van der Waals surface area contributed by atoms with E-state index in [0.29, 0.717) is 11.6 Å². The van der Waals surface area contributed by atoms with Crippen LogP contribution in [-0.4, -0.2) is 9.78 Å². The zero-order valence-electron chi connectivity index (χ0n) is 8.39. The topological polar surface area (TPSA) is 74.0 Å². The van der Waals surface area contributed by atoms with Crippen LogP contribution in [0.4, 0.5) is 0 Å². The molecular weight excluding hydrogens is 230 g/mol. The maximum absolute atomic E-state index is 11.3. The van der Waals surface area contributed by atoms with E-state index in [2.05, 4.69) is 5.10 Å². The van der Waals surface area contributed by atoms with Gasteiger partial charge < -0.3 is 10.2 Å². The molecule has 16 heavy (non-hydrogen) atoms. The molecule has 0 atom stereocenters. The van der Waals surface area contributed by atoms with Gasteiger partial charge in [-0.1, -0.05) is 23.7 Å². The number of rotatable bonds is 3. The Bertz CT molecular complexity index is 530. The number of hydrogen-bond donors (Lipinski definition) is 1. The zero-order chi connectivity index (χ0) is 11.5. The summed E-state index contributed by atoms with van der Waals surface area (Å²) in [6.07, 6.45) is 0. The lowest BCUT2D eigenvalue weighted by Crippen LogP contribution is -2.16. The Morgan fingerprint density at radius 2 is 2.06 bits per heavy atom. The van der Waals surface area contributed by atoms with E-state index in [9.17, 15) is 4.79 Å². The fraction of sp³-hybridized carbons (Fsp3) is 0.200. The van der Waals surface area contributed by atoms with Gasteiger partial charge in [0.2, 0.25) is 5.89 Å². The van der Waals surface area contributed by atoms with Crippen LogP contribution in [0.3, 0.4) is 0 Å². The molecule has 2 rings (SSSR count). The van der Waals surface area contributed by atoms with Crippen molar-refractivity contribution in [3.05, 3.63) is 51.3 Å². The monoisotopic (exact) mass is 239 g/mol. The van der Waals surface area contributed by atoms with Crippen molar-refractivity contribution in [1.29, 1.82) is 0 Å². The van der Waals surface area contributed by atoms with E-state index in [1.807, 2.05) is 12.1 Å². The van der Waals surface area contributed by atoms with Crippen molar-refractivity contribution in [2.45, 2.75) is 13.1 Å². The number of hydrogen-bond acceptors (Lipinski definition) is 4. The minimum atomic E-state index is -0.504. The van der Waals surface area contributed by atoms with Crippen molar-refractivity contribution < 1.29 is 4.42 Å². The van der Waals surface area contributed by atoms with Gasteiger partial charge in [-0.15, -0.1) is 5.10 Å². The minimum Gasteiger partial charge on any atom is -0.391 e. The first kappa shape index (κ1) is 10.9. The summed E-state index contributed by atoms with van der Waals surface area (Å²) in [4.78, 5) is 11.3. The molecule has 6 heteroatoms. The van der Waals surface area contributed by atoms with Crippen LogP contribution >= 0.6 is 11.6 Å². The van der Waals surface area contributed by atoms with Gasteiger partial charge in [0.25, 0.3) is 0 Å². The molecule has 0 saturated carbocycles.